The van der Waals surface area contributed by atoms with Gasteiger partial charge in [0.2, 0.25) is 0 Å². The van der Waals surface area contributed by atoms with Crippen LogP contribution in [-0.4, -0.2) is 18.6 Å². The van der Waals surface area contributed by atoms with Gasteiger partial charge in [-0.2, -0.15) is 5.82 Å². The maximum Gasteiger partial charge on any atom is 0.189 e. The van der Waals surface area contributed by atoms with E-state index in [0.717, 1.165) is 42.6 Å². The number of phenols is 1. The highest BCUT2D eigenvalue weighted by molar-refractivity contribution is 6.22. The fourth-order valence-corrected chi connectivity index (χ4v) is 3.13. The van der Waals surface area contributed by atoms with Gasteiger partial charge in [-0.05, 0) is 107 Å². The zero-order valence-corrected chi connectivity index (χ0v) is 19.6. The highest BCUT2D eigenvalue weighted by atomic mass is 16.5. The lowest BCUT2D eigenvalue weighted by Gasteiger charge is -2.32. The molecule has 1 N–H and O–H groups in total. The van der Waals surface area contributed by atoms with E-state index in [1.807, 2.05) is 12.1 Å². The number of allylic oxidation sites excluding steroid dienone is 2. The van der Waals surface area contributed by atoms with E-state index in [4.69, 9.17) is 12.6 Å². The smallest absolute Gasteiger partial charge is 0.189 e. The first kappa shape index (κ1) is 26.1. The van der Waals surface area contributed by atoms with Gasteiger partial charge in [0.15, 0.2) is 7.85 Å². The van der Waals surface area contributed by atoms with E-state index in [2.05, 4.69) is 81.3 Å². The molecule has 0 aliphatic carbocycles. The predicted octanol–water partition coefficient (Wildman–Crippen LogP) is 6.18. The van der Waals surface area contributed by atoms with Crippen LogP contribution in [0.3, 0.4) is 0 Å². The second-order valence-electron chi connectivity index (χ2n) is 7.95. The summed E-state index contributed by atoms with van der Waals surface area (Å²) in [6, 6.07) is 3.99. The van der Waals surface area contributed by atoms with E-state index in [9.17, 15) is 5.11 Å². The average molecular weight is 412 g/mol. The van der Waals surface area contributed by atoms with Crippen LogP contribution >= 0.6 is 0 Å². The number of fused-ring (bicyclic) bond motifs is 1. The average Bonchev–Trinajstić information content (AvgIpc) is 2.71. The first-order valence-corrected chi connectivity index (χ1v) is 10.8. The van der Waals surface area contributed by atoms with Gasteiger partial charge >= 0.3 is 0 Å². The van der Waals surface area contributed by atoms with Gasteiger partial charge in [-0.15, -0.1) is 0 Å². The topological polar surface area (TPSA) is 29.5 Å². The minimum Gasteiger partial charge on any atom is -0.507 e. The number of hydrogen-bond donors (Lipinski definition) is 1. The van der Waals surface area contributed by atoms with Crippen molar-refractivity contribution >= 4 is 13.9 Å². The Balaban J connectivity index is 0.000000512. The van der Waals surface area contributed by atoms with Gasteiger partial charge in [0, 0.05) is 0 Å². The SMILES string of the molecule is CCCCCc1cc(O)c2c(c1)OC(C)(CCC=C(C)C)C=C2.[B]C#CC#CC#CC. The van der Waals surface area contributed by atoms with Crippen molar-refractivity contribution in [1.29, 1.82) is 0 Å². The summed E-state index contributed by atoms with van der Waals surface area (Å²) in [6.07, 6.45) is 12.8. The summed E-state index contributed by atoms with van der Waals surface area (Å²) in [5, 5.41) is 10.3. The van der Waals surface area contributed by atoms with Crippen LogP contribution < -0.4 is 4.74 Å². The van der Waals surface area contributed by atoms with Crippen molar-refractivity contribution < 1.29 is 9.84 Å². The first-order chi connectivity index (χ1) is 14.8. The monoisotopic (exact) mass is 412 g/mol. The van der Waals surface area contributed by atoms with E-state index < -0.39 is 0 Å². The minimum absolute atomic E-state index is 0.298. The molecule has 0 aromatic heterocycles. The minimum atomic E-state index is -0.298. The molecule has 1 aliphatic rings. The summed E-state index contributed by atoms with van der Waals surface area (Å²) in [5.41, 5.74) is 3.01. The Morgan fingerprint density at radius 2 is 1.90 bits per heavy atom. The summed E-state index contributed by atoms with van der Waals surface area (Å²) in [6.45, 7) is 10.3. The van der Waals surface area contributed by atoms with Gasteiger partial charge in [-0.3, -0.25) is 0 Å². The molecule has 2 rings (SSSR count). The van der Waals surface area contributed by atoms with Crippen LogP contribution in [0.5, 0.6) is 11.5 Å². The van der Waals surface area contributed by atoms with Crippen LogP contribution in [0.15, 0.2) is 29.9 Å². The van der Waals surface area contributed by atoms with Crippen LogP contribution in [0, 0.1) is 35.4 Å². The predicted molar refractivity (Wildman–Crippen MR) is 133 cm³/mol. The van der Waals surface area contributed by atoms with Gasteiger partial charge in [0.1, 0.15) is 17.1 Å². The summed E-state index contributed by atoms with van der Waals surface area (Å²) in [7, 11) is 4.80. The largest absolute Gasteiger partial charge is 0.507 e. The molecule has 0 bridgehead atoms. The highest BCUT2D eigenvalue weighted by Crippen LogP contribution is 2.39. The molecule has 0 amide bonds. The van der Waals surface area contributed by atoms with Crippen LogP contribution in [-0.2, 0) is 6.42 Å². The van der Waals surface area contributed by atoms with Crippen molar-refractivity contribution in [2.45, 2.75) is 78.7 Å². The quantitative estimate of drug-likeness (QED) is 0.251. The number of rotatable bonds is 7. The fraction of sp³-hybridized carbons (Fsp3) is 0.429. The lowest BCUT2D eigenvalue weighted by molar-refractivity contribution is 0.128. The van der Waals surface area contributed by atoms with E-state index in [0.29, 0.717) is 5.75 Å². The molecule has 31 heavy (non-hydrogen) atoms. The maximum atomic E-state index is 10.3. The zero-order chi connectivity index (χ0) is 23.1. The van der Waals surface area contributed by atoms with Crippen molar-refractivity contribution in [2.75, 3.05) is 0 Å². The number of unbranched alkanes of at least 4 members (excludes halogenated alkanes) is 2. The van der Waals surface area contributed by atoms with Gasteiger partial charge in [0.05, 0.1) is 5.56 Å². The van der Waals surface area contributed by atoms with Crippen molar-refractivity contribution in [3.8, 4) is 46.9 Å². The van der Waals surface area contributed by atoms with Crippen LogP contribution in [0.25, 0.3) is 6.08 Å². The number of hydrogen-bond acceptors (Lipinski definition) is 2. The maximum absolute atomic E-state index is 10.3. The molecule has 3 heteroatoms. The molecule has 0 saturated carbocycles. The summed E-state index contributed by atoms with van der Waals surface area (Å²) in [5.74, 6) is 15.6. The lowest BCUT2D eigenvalue weighted by atomic mass is 9.93. The van der Waals surface area contributed by atoms with Gasteiger partial charge in [0.25, 0.3) is 0 Å². The standard InChI is InChI=1S/C21H30O2.C7H3B/c1-5-6-7-10-17-14-19(22)18-11-13-21(4,23-20(18)15-17)12-8-9-16(2)3;1-2-3-4-5-6-7-8/h9,11,13-15,22H,5-8,10,12H2,1-4H3;1H3. The van der Waals surface area contributed by atoms with Gasteiger partial charge < -0.3 is 9.84 Å². The fourth-order valence-electron chi connectivity index (χ4n) is 3.13. The Morgan fingerprint density at radius 1 is 1.16 bits per heavy atom. The molecule has 1 aromatic carbocycles. The van der Waals surface area contributed by atoms with Gasteiger partial charge in [-0.1, -0.05) is 37.3 Å². The molecular weight excluding hydrogens is 379 g/mol. The van der Waals surface area contributed by atoms with E-state index >= 15 is 0 Å². The Bertz CT molecular complexity index is 940. The molecule has 1 atom stereocenters. The zero-order valence-electron chi connectivity index (χ0n) is 19.6. The molecule has 0 saturated heterocycles. The number of ether oxygens (including phenoxy) is 1. The second kappa shape index (κ2) is 14.1. The number of aryl methyl sites for hydroxylation is 1. The van der Waals surface area contributed by atoms with Crippen molar-refractivity contribution in [3.63, 3.8) is 0 Å². The molecule has 1 unspecified atom stereocenters. The molecule has 2 radical (unpaired) electrons. The van der Waals surface area contributed by atoms with Gasteiger partial charge in [-0.25, -0.2) is 0 Å². The Kier molecular flexibility index (Phi) is 11.9. The third kappa shape index (κ3) is 10.1. The number of phenolic OH excluding ortho intramolecular Hbond substituents is 1. The van der Waals surface area contributed by atoms with Crippen LogP contribution in [0.4, 0.5) is 0 Å². The van der Waals surface area contributed by atoms with Crippen molar-refractivity contribution in [2.24, 2.45) is 0 Å². The van der Waals surface area contributed by atoms with Crippen LogP contribution in [0.1, 0.15) is 77.8 Å². The Morgan fingerprint density at radius 3 is 2.55 bits per heavy atom. The number of benzene rings is 1. The van der Waals surface area contributed by atoms with E-state index in [1.165, 1.54) is 18.4 Å². The van der Waals surface area contributed by atoms with Crippen molar-refractivity contribution in [1.82, 2.24) is 0 Å². The van der Waals surface area contributed by atoms with E-state index in [1.54, 1.807) is 6.92 Å². The number of aromatic hydroxyl groups is 1. The first-order valence-electron chi connectivity index (χ1n) is 10.8. The Hall–Kier alpha value is -2.96. The molecule has 1 heterocycles. The summed E-state index contributed by atoms with van der Waals surface area (Å²) < 4.78 is 6.25. The molecule has 160 valence electrons. The molecule has 0 spiro atoms. The molecule has 2 nitrogen and oxygen atoms in total. The summed E-state index contributed by atoms with van der Waals surface area (Å²) in [4.78, 5) is 0. The van der Waals surface area contributed by atoms with Crippen LogP contribution in [0.2, 0.25) is 0 Å². The molecule has 1 aliphatic heterocycles. The Labute approximate surface area is 190 Å². The van der Waals surface area contributed by atoms with Crippen molar-refractivity contribution in [3.05, 3.63) is 41.0 Å². The molecular formula is C28H33BO2. The molecule has 1 aromatic rings. The lowest BCUT2D eigenvalue weighted by Crippen LogP contribution is -2.31. The summed E-state index contributed by atoms with van der Waals surface area (Å²) >= 11 is 0. The third-order valence-corrected chi connectivity index (χ3v) is 4.77. The normalized spacial score (nSPS) is 15.1. The van der Waals surface area contributed by atoms with E-state index in [-0.39, 0.29) is 5.60 Å². The second-order valence-corrected chi connectivity index (χ2v) is 7.95. The third-order valence-electron chi connectivity index (χ3n) is 4.77. The molecule has 0 fully saturated rings. The highest BCUT2D eigenvalue weighted by Gasteiger charge is 2.28.